The first kappa shape index (κ1) is 24.5. The average molecular weight is 481 g/mol. The van der Waals surface area contributed by atoms with Gasteiger partial charge in [0, 0.05) is 12.3 Å². The van der Waals surface area contributed by atoms with Gasteiger partial charge < -0.3 is 14.9 Å². The van der Waals surface area contributed by atoms with Crippen molar-refractivity contribution in [3.63, 3.8) is 0 Å². The minimum Gasteiger partial charge on any atom is -0.459 e. The molecule has 0 amide bonds. The number of allylic oxidation sites excluding steroid dienone is 1. The topological polar surface area (TPSA) is 91.2 Å². The van der Waals surface area contributed by atoms with Crippen molar-refractivity contribution in [2.75, 3.05) is 5.43 Å². The molecule has 0 bridgehead atoms. The van der Waals surface area contributed by atoms with Gasteiger partial charge in [0.25, 0.3) is 0 Å². The molecule has 3 fully saturated rings. The van der Waals surface area contributed by atoms with Crippen molar-refractivity contribution in [3.8, 4) is 0 Å². The number of hydrogen-bond donors (Lipinski definition) is 3. The second-order valence-electron chi connectivity index (χ2n) is 11.9. The monoisotopic (exact) mass is 480 g/mol. The lowest BCUT2D eigenvalue weighted by molar-refractivity contribution is -0.161. The van der Waals surface area contributed by atoms with E-state index in [2.05, 4.69) is 30.5 Å². The van der Waals surface area contributed by atoms with Gasteiger partial charge in [-0.2, -0.15) is 5.10 Å². The quantitative estimate of drug-likeness (QED) is 0.242. The predicted molar refractivity (Wildman–Crippen MR) is 137 cm³/mol. The number of benzene rings is 1. The van der Waals surface area contributed by atoms with Gasteiger partial charge in [0.05, 0.1) is 17.5 Å². The Hall–Kier alpha value is -2.18. The number of rotatable bonds is 4. The zero-order chi connectivity index (χ0) is 25.0. The number of anilines is 1. The molecule has 6 heteroatoms. The van der Waals surface area contributed by atoms with E-state index in [-0.39, 0.29) is 23.4 Å². The Kier molecular flexibility index (Phi) is 6.12. The van der Waals surface area contributed by atoms with Crippen LogP contribution in [0.1, 0.15) is 72.6 Å². The third-order valence-corrected chi connectivity index (χ3v) is 10.3. The summed E-state index contributed by atoms with van der Waals surface area (Å²) in [6.45, 7) is 7.86. The summed E-state index contributed by atoms with van der Waals surface area (Å²) in [4.78, 5) is 12.1. The Morgan fingerprint density at radius 2 is 1.86 bits per heavy atom. The van der Waals surface area contributed by atoms with Crippen LogP contribution in [0.2, 0.25) is 0 Å². The van der Waals surface area contributed by atoms with Crippen LogP contribution in [0, 0.1) is 28.6 Å². The Bertz CT molecular complexity index is 1040. The summed E-state index contributed by atoms with van der Waals surface area (Å²) in [5.41, 5.74) is 4.25. The minimum absolute atomic E-state index is 0.110. The molecule has 0 aliphatic heterocycles. The molecule has 0 radical (unpaired) electrons. The van der Waals surface area contributed by atoms with Crippen LogP contribution in [0.4, 0.5) is 5.69 Å². The highest BCUT2D eigenvalue weighted by atomic mass is 16.6. The van der Waals surface area contributed by atoms with Gasteiger partial charge in [-0.25, -0.2) is 0 Å². The first-order valence-electron chi connectivity index (χ1n) is 13.2. The molecule has 35 heavy (non-hydrogen) atoms. The normalized spacial score (nSPS) is 42.9. The zero-order valence-corrected chi connectivity index (χ0v) is 21.5. The van der Waals surface area contributed by atoms with Crippen LogP contribution in [0.25, 0.3) is 0 Å². The van der Waals surface area contributed by atoms with Crippen LogP contribution in [0.5, 0.6) is 0 Å². The fraction of sp³-hybridized carbons (Fsp3) is 0.655. The smallest absolute Gasteiger partial charge is 0.303 e. The maximum atomic E-state index is 12.4. The van der Waals surface area contributed by atoms with E-state index in [1.165, 1.54) is 12.5 Å². The number of esters is 1. The lowest BCUT2D eigenvalue weighted by atomic mass is 9.46. The Balaban J connectivity index is 1.50. The van der Waals surface area contributed by atoms with E-state index in [0.717, 1.165) is 44.2 Å². The van der Waals surface area contributed by atoms with Crippen molar-refractivity contribution in [2.24, 2.45) is 33.7 Å². The van der Waals surface area contributed by atoms with E-state index in [1.54, 1.807) is 0 Å². The second-order valence-corrected chi connectivity index (χ2v) is 11.9. The number of hydrogen-bond acceptors (Lipinski definition) is 6. The van der Waals surface area contributed by atoms with Gasteiger partial charge in [0.1, 0.15) is 11.7 Å². The molecule has 4 aliphatic carbocycles. The lowest BCUT2D eigenvalue weighted by Crippen LogP contribution is -2.60. The Morgan fingerprint density at radius 3 is 2.57 bits per heavy atom. The zero-order valence-electron chi connectivity index (χ0n) is 21.5. The minimum atomic E-state index is -1.34. The fourth-order valence-corrected chi connectivity index (χ4v) is 8.37. The molecule has 0 saturated heterocycles. The predicted octanol–water partition coefficient (Wildman–Crippen LogP) is 5.07. The van der Waals surface area contributed by atoms with Crippen molar-refractivity contribution in [3.05, 3.63) is 42.0 Å². The van der Waals surface area contributed by atoms with Gasteiger partial charge in [-0.3, -0.25) is 10.2 Å². The summed E-state index contributed by atoms with van der Waals surface area (Å²) in [6.07, 6.45) is 7.69. The fourth-order valence-electron chi connectivity index (χ4n) is 8.37. The number of aliphatic hydroxyl groups excluding tert-OH is 1. The standard InChI is InChI=1S/C29H40N2O4/c1-18(30-31-21-8-6-5-7-9-21)29(34)26(35-19(2)32)17-25-23-11-10-20-16-22(33)12-14-27(20,3)24(23)13-15-28(25,29)4/h5-10,22-26,31,33-34H,11-17H2,1-4H3/t22-,23+,24+,25+,26+,27-,28-,29-/m0/s1. The highest BCUT2D eigenvalue weighted by molar-refractivity contribution is 5.93. The molecule has 6 nitrogen and oxygen atoms in total. The molecular formula is C29H40N2O4. The van der Waals surface area contributed by atoms with E-state index in [1.807, 2.05) is 37.3 Å². The van der Waals surface area contributed by atoms with E-state index >= 15 is 0 Å². The van der Waals surface area contributed by atoms with Crippen molar-refractivity contribution >= 4 is 17.4 Å². The van der Waals surface area contributed by atoms with Crippen LogP contribution in [-0.4, -0.2) is 39.7 Å². The van der Waals surface area contributed by atoms with Gasteiger partial charge >= 0.3 is 5.97 Å². The van der Waals surface area contributed by atoms with Gasteiger partial charge in [-0.05, 0) is 87.2 Å². The largest absolute Gasteiger partial charge is 0.459 e. The molecule has 1 aromatic carbocycles. The SMILES string of the molecule is CC(=O)O[C@@H]1C[C@@H]2[C@@H]3CC=C4C[C@@H](O)CC[C@]4(C)[C@@H]3CC[C@]2(C)[C@]1(O)C(C)=NNc1ccccc1. The molecule has 4 aliphatic rings. The summed E-state index contributed by atoms with van der Waals surface area (Å²) in [5.74, 6) is 0.793. The number of fused-ring (bicyclic) bond motifs is 5. The average Bonchev–Trinajstić information content (AvgIpc) is 3.06. The van der Waals surface area contributed by atoms with E-state index in [9.17, 15) is 15.0 Å². The van der Waals surface area contributed by atoms with Crippen LogP contribution in [0.3, 0.4) is 0 Å². The molecule has 3 N–H and O–H groups in total. The van der Waals surface area contributed by atoms with E-state index in [0.29, 0.717) is 24.0 Å². The summed E-state index contributed by atoms with van der Waals surface area (Å²) >= 11 is 0. The third-order valence-electron chi connectivity index (χ3n) is 10.3. The summed E-state index contributed by atoms with van der Waals surface area (Å²) in [7, 11) is 0. The van der Waals surface area contributed by atoms with Crippen LogP contribution in [0.15, 0.2) is 47.1 Å². The number of aliphatic hydroxyl groups is 2. The van der Waals surface area contributed by atoms with E-state index in [4.69, 9.17) is 4.74 Å². The number of para-hydroxylation sites is 1. The third kappa shape index (κ3) is 3.75. The maximum absolute atomic E-state index is 12.4. The number of hydrazone groups is 1. The molecule has 0 aromatic heterocycles. The van der Waals surface area contributed by atoms with Gasteiger partial charge in [0.2, 0.25) is 0 Å². The van der Waals surface area contributed by atoms with Gasteiger partial charge in [0.15, 0.2) is 0 Å². The molecular weight excluding hydrogens is 440 g/mol. The van der Waals surface area contributed by atoms with Crippen LogP contribution >= 0.6 is 0 Å². The highest BCUT2D eigenvalue weighted by Gasteiger charge is 2.69. The molecule has 0 heterocycles. The van der Waals surface area contributed by atoms with Crippen molar-refractivity contribution in [1.82, 2.24) is 0 Å². The highest BCUT2D eigenvalue weighted by Crippen LogP contribution is 2.67. The summed E-state index contributed by atoms with van der Waals surface area (Å²) in [5, 5.41) is 27.3. The molecule has 0 spiro atoms. The maximum Gasteiger partial charge on any atom is 0.303 e. The van der Waals surface area contributed by atoms with Crippen molar-refractivity contribution in [2.45, 2.75) is 90.4 Å². The van der Waals surface area contributed by atoms with Gasteiger partial charge in [-0.15, -0.1) is 0 Å². The molecule has 5 rings (SSSR count). The molecule has 1 aromatic rings. The number of carbonyl (C=O) groups is 1. The van der Waals surface area contributed by atoms with E-state index < -0.39 is 17.1 Å². The molecule has 0 unspecified atom stereocenters. The Morgan fingerprint density at radius 1 is 1.11 bits per heavy atom. The van der Waals surface area contributed by atoms with Gasteiger partial charge in [-0.1, -0.05) is 43.7 Å². The first-order chi connectivity index (χ1) is 16.6. The lowest BCUT2D eigenvalue weighted by Gasteiger charge is -2.58. The number of ether oxygens (including phenoxy) is 1. The molecule has 3 saturated carbocycles. The van der Waals surface area contributed by atoms with Crippen LogP contribution in [-0.2, 0) is 9.53 Å². The Labute approximate surface area is 208 Å². The molecule has 190 valence electrons. The van der Waals surface area contributed by atoms with Crippen molar-refractivity contribution in [1.29, 1.82) is 0 Å². The van der Waals surface area contributed by atoms with Crippen molar-refractivity contribution < 1.29 is 19.7 Å². The number of carbonyl (C=O) groups excluding carboxylic acids is 1. The second kappa shape index (κ2) is 8.74. The number of nitrogens with zero attached hydrogens (tertiary/aromatic N) is 1. The first-order valence-corrected chi connectivity index (χ1v) is 13.2. The summed E-state index contributed by atoms with van der Waals surface area (Å²) < 4.78 is 5.84. The number of nitrogens with one attached hydrogen (secondary N) is 1. The summed E-state index contributed by atoms with van der Waals surface area (Å²) in [6, 6.07) is 9.69. The molecule has 8 atom stereocenters. The van der Waals surface area contributed by atoms with Crippen LogP contribution < -0.4 is 5.43 Å².